The summed E-state index contributed by atoms with van der Waals surface area (Å²) in [4.78, 5) is 2.74. The Morgan fingerprint density at radius 1 is 1.00 bits per heavy atom. The van der Waals surface area contributed by atoms with Crippen molar-refractivity contribution in [2.75, 3.05) is 13.1 Å². The van der Waals surface area contributed by atoms with E-state index in [2.05, 4.69) is 43.0 Å². The maximum Gasteiger partial charge on any atom is 0.0236 e. The molecule has 1 saturated carbocycles. The molecule has 4 rings (SSSR count). The van der Waals surface area contributed by atoms with Crippen molar-refractivity contribution in [1.82, 2.24) is 4.90 Å². The molecule has 2 aliphatic carbocycles. The highest BCUT2D eigenvalue weighted by atomic mass is 15.1. The summed E-state index contributed by atoms with van der Waals surface area (Å²) in [6.07, 6.45) is 19.6. The molecule has 0 atom stereocenters. The van der Waals surface area contributed by atoms with Crippen LogP contribution in [-0.4, -0.2) is 18.0 Å². The summed E-state index contributed by atoms with van der Waals surface area (Å²) in [5.41, 5.74) is 9.68. The third-order valence-electron chi connectivity index (χ3n) is 7.57. The molecule has 0 aromatic heterocycles. The van der Waals surface area contributed by atoms with E-state index in [4.69, 9.17) is 0 Å². The second kappa shape index (κ2) is 9.44. The van der Waals surface area contributed by atoms with Gasteiger partial charge >= 0.3 is 0 Å². The van der Waals surface area contributed by atoms with Crippen LogP contribution in [0.2, 0.25) is 0 Å². The van der Waals surface area contributed by atoms with E-state index in [1.807, 2.05) is 0 Å². The number of benzene rings is 1. The van der Waals surface area contributed by atoms with Crippen LogP contribution in [0.15, 0.2) is 35.4 Å². The topological polar surface area (TPSA) is 3.24 Å². The summed E-state index contributed by atoms with van der Waals surface area (Å²) >= 11 is 0. The molecule has 0 bridgehead atoms. The molecule has 3 aliphatic rings. The van der Waals surface area contributed by atoms with Gasteiger partial charge in [-0.2, -0.15) is 0 Å². The van der Waals surface area contributed by atoms with Crippen LogP contribution in [0.3, 0.4) is 0 Å². The number of aryl methyl sites for hydroxylation is 1. The van der Waals surface area contributed by atoms with Crippen LogP contribution in [0.5, 0.6) is 0 Å². The quantitative estimate of drug-likeness (QED) is 0.520. The second-order valence-electron chi connectivity index (χ2n) is 9.58. The molecule has 28 heavy (non-hydrogen) atoms. The fourth-order valence-electron chi connectivity index (χ4n) is 5.70. The number of hydrogen-bond donors (Lipinski definition) is 0. The first-order valence-corrected chi connectivity index (χ1v) is 11.9. The lowest BCUT2D eigenvalue weighted by atomic mass is 9.86. The van der Waals surface area contributed by atoms with Crippen LogP contribution in [0.1, 0.15) is 87.0 Å². The number of hydrogen-bond acceptors (Lipinski definition) is 1. The van der Waals surface area contributed by atoms with Gasteiger partial charge in [-0.3, -0.25) is 4.90 Å². The Bertz CT molecular complexity index is 733. The van der Waals surface area contributed by atoms with Crippen molar-refractivity contribution < 1.29 is 0 Å². The molecule has 0 spiro atoms. The number of rotatable bonds is 6. The van der Waals surface area contributed by atoms with Gasteiger partial charge in [-0.1, -0.05) is 49.1 Å². The van der Waals surface area contributed by atoms with Gasteiger partial charge in [0, 0.05) is 19.6 Å². The van der Waals surface area contributed by atoms with Crippen LogP contribution in [0.4, 0.5) is 0 Å². The minimum absolute atomic E-state index is 0.960. The van der Waals surface area contributed by atoms with Crippen LogP contribution >= 0.6 is 0 Å². The first-order valence-electron chi connectivity index (χ1n) is 11.9. The van der Waals surface area contributed by atoms with Crippen LogP contribution < -0.4 is 0 Å². The summed E-state index contributed by atoms with van der Waals surface area (Å²) in [7, 11) is 0. The average molecular weight is 378 g/mol. The van der Waals surface area contributed by atoms with Crippen LogP contribution in [0.25, 0.3) is 0 Å². The average Bonchev–Trinajstić information content (AvgIpc) is 2.72. The van der Waals surface area contributed by atoms with Crippen molar-refractivity contribution in [2.24, 2.45) is 5.92 Å². The lowest BCUT2D eigenvalue weighted by molar-refractivity contribution is 0.187. The lowest BCUT2D eigenvalue weighted by Gasteiger charge is -2.34. The molecule has 0 radical (unpaired) electrons. The predicted octanol–water partition coefficient (Wildman–Crippen LogP) is 6.92. The highest BCUT2D eigenvalue weighted by Crippen LogP contribution is 2.30. The van der Waals surface area contributed by atoms with E-state index in [0.717, 1.165) is 5.92 Å². The Hall–Kier alpha value is -1.34. The first kappa shape index (κ1) is 20.0. The molecule has 0 unspecified atom stereocenters. The molecule has 1 nitrogen and oxygen atoms in total. The molecule has 0 amide bonds. The van der Waals surface area contributed by atoms with E-state index in [0.29, 0.717) is 0 Å². The van der Waals surface area contributed by atoms with E-state index >= 15 is 0 Å². The Labute approximate surface area is 172 Å². The minimum Gasteiger partial charge on any atom is -0.298 e. The molecule has 1 heteroatoms. The van der Waals surface area contributed by atoms with E-state index in [1.54, 1.807) is 33.4 Å². The molecule has 1 aromatic carbocycles. The summed E-state index contributed by atoms with van der Waals surface area (Å²) in [6.45, 7) is 8.49. The molecule has 1 fully saturated rings. The van der Waals surface area contributed by atoms with E-state index in [-0.39, 0.29) is 0 Å². The van der Waals surface area contributed by atoms with Gasteiger partial charge in [-0.05, 0) is 99.0 Å². The van der Waals surface area contributed by atoms with Crippen molar-refractivity contribution in [3.05, 3.63) is 57.7 Å². The summed E-state index contributed by atoms with van der Waals surface area (Å²) < 4.78 is 0. The summed E-state index contributed by atoms with van der Waals surface area (Å²) in [6, 6.07) is 4.89. The Morgan fingerprint density at radius 2 is 1.86 bits per heavy atom. The van der Waals surface area contributed by atoms with Crippen molar-refractivity contribution >= 4 is 0 Å². The maximum absolute atomic E-state index is 2.74. The molecular weight excluding hydrogens is 338 g/mol. The minimum atomic E-state index is 0.960. The smallest absolute Gasteiger partial charge is 0.0236 e. The van der Waals surface area contributed by atoms with Gasteiger partial charge in [0.15, 0.2) is 0 Å². The number of nitrogens with zero attached hydrogens (tertiary/aromatic N) is 1. The molecule has 0 saturated heterocycles. The highest BCUT2D eigenvalue weighted by molar-refractivity contribution is 5.42. The van der Waals surface area contributed by atoms with Crippen molar-refractivity contribution in [2.45, 2.75) is 91.0 Å². The van der Waals surface area contributed by atoms with Gasteiger partial charge in [-0.25, -0.2) is 0 Å². The Morgan fingerprint density at radius 3 is 2.68 bits per heavy atom. The largest absolute Gasteiger partial charge is 0.298 e. The number of fused-ring (bicyclic) bond motifs is 1. The van der Waals surface area contributed by atoms with Crippen LogP contribution in [-0.2, 0) is 19.4 Å². The van der Waals surface area contributed by atoms with Gasteiger partial charge in [0.05, 0.1) is 0 Å². The molecule has 1 aromatic rings. The van der Waals surface area contributed by atoms with Gasteiger partial charge < -0.3 is 0 Å². The molecule has 1 aliphatic heterocycles. The van der Waals surface area contributed by atoms with Crippen molar-refractivity contribution in [3.63, 3.8) is 0 Å². The molecule has 152 valence electrons. The third kappa shape index (κ3) is 4.79. The van der Waals surface area contributed by atoms with Crippen molar-refractivity contribution in [3.8, 4) is 0 Å². The van der Waals surface area contributed by atoms with E-state index in [1.165, 1.54) is 90.3 Å². The lowest BCUT2D eigenvalue weighted by Crippen LogP contribution is -2.35. The predicted molar refractivity (Wildman–Crippen MR) is 121 cm³/mol. The van der Waals surface area contributed by atoms with Crippen LogP contribution in [0, 0.1) is 12.8 Å². The zero-order valence-corrected chi connectivity index (χ0v) is 18.2. The van der Waals surface area contributed by atoms with E-state index < -0.39 is 0 Å². The highest BCUT2D eigenvalue weighted by Gasteiger charge is 2.22. The third-order valence-corrected chi connectivity index (χ3v) is 7.57. The first-order chi connectivity index (χ1) is 13.7. The zero-order chi connectivity index (χ0) is 19.3. The van der Waals surface area contributed by atoms with Gasteiger partial charge in [-0.15, -0.1) is 0 Å². The Balaban J connectivity index is 1.34. The fourth-order valence-corrected chi connectivity index (χ4v) is 5.70. The summed E-state index contributed by atoms with van der Waals surface area (Å²) in [5.74, 6) is 0.960. The summed E-state index contributed by atoms with van der Waals surface area (Å²) in [5, 5.41) is 0. The fraction of sp³-hybridized carbons (Fsp3) is 0.630. The molecular formula is C27H39N. The SMILES string of the molecule is CC1=C(CCCc2ccc3c(c2C)CCN(CC2CCCCC2)C3)C=CCC1. The molecule has 1 heterocycles. The van der Waals surface area contributed by atoms with Gasteiger partial charge in [0.2, 0.25) is 0 Å². The normalized spacial score (nSPS) is 21.2. The standard InChI is InChI=1S/C27H39N/c1-21-9-6-7-12-24(21)13-8-14-25-15-16-26-20-28(18-17-27(26)22(25)2)19-23-10-4-3-5-11-23/h7,12,15-16,23H,3-6,8-11,13-14,17-20H2,1-2H3. The van der Waals surface area contributed by atoms with Gasteiger partial charge in [0.25, 0.3) is 0 Å². The van der Waals surface area contributed by atoms with Gasteiger partial charge in [0.1, 0.15) is 0 Å². The Kier molecular flexibility index (Phi) is 6.73. The monoisotopic (exact) mass is 377 g/mol. The van der Waals surface area contributed by atoms with E-state index in [9.17, 15) is 0 Å². The zero-order valence-electron chi connectivity index (χ0n) is 18.2. The van der Waals surface area contributed by atoms with Crippen molar-refractivity contribution in [1.29, 1.82) is 0 Å². The number of allylic oxidation sites excluding steroid dienone is 4. The molecule has 0 N–H and O–H groups in total. The second-order valence-corrected chi connectivity index (χ2v) is 9.58. The maximum atomic E-state index is 2.74.